The van der Waals surface area contributed by atoms with E-state index in [1.165, 1.54) is 11.3 Å². The summed E-state index contributed by atoms with van der Waals surface area (Å²) in [5.74, 6) is 0. The topological polar surface area (TPSA) is 66.1 Å². The Labute approximate surface area is 93.1 Å². The zero-order chi connectivity index (χ0) is 11.4. The van der Waals surface area contributed by atoms with Crippen LogP contribution in [0.15, 0.2) is 5.38 Å². The Morgan fingerprint density at radius 2 is 2.27 bits per heavy atom. The molecule has 1 aromatic heterocycles. The molecule has 0 fully saturated rings. The maximum absolute atomic E-state index is 9.27. The van der Waals surface area contributed by atoms with Gasteiger partial charge in [-0.3, -0.25) is 0 Å². The molecule has 3 atom stereocenters. The van der Waals surface area contributed by atoms with Crippen LogP contribution in [0.5, 0.6) is 0 Å². The van der Waals surface area contributed by atoms with Crippen molar-refractivity contribution >= 4 is 11.3 Å². The third kappa shape index (κ3) is 3.27. The standard InChI is InChI=1S/C10H14N2O2S/c1-6-5-15-10(12-6)9(4-11)14-8(3)7(2)13/h5,7-9,13H,1-3H3. The second kappa shape index (κ2) is 5.21. The molecule has 0 aliphatic heterocycles. The average Bonchev–Trinajstić information content (AvgIpc) is 2.60. The predicted molar refractivity (Wildman–Crippen MR) is 57.4 cm³/mol. The molecule has 82 valence electrons. The number of aliphatic hydroxyl groups excluding tert-OH is 1. The van der Waals surface area contributed by atoms with Gasteiger partial charge in [-0.15, -0.1) is 11.3 Å². The molecule has 0 aromatic carbocycles. The third-order valence-electron chi connectivity index (χ3n) is 2.01. The predicted octanol–water partition coefficient (Wildman–Crippen LogP) is 1.80. The van der Waals surface area contributed by atoms with Gasteiger partial charge in [0.1, 0.15) is 11.1 Å². The minimum absolute atomic E-state index is 0.376. The smallest absolute Gasteiger partial charge is 0.195 e. The highest BCUT2D eigenvalue weighted by Gasteiger charge is 2.20. The summed E-state index contributed by atoms with van der Waals surface area (Å²) in [4.78, 5) is 4.18. The van der Waals surface area contributed by atoms with E-state index in [1.54, 1.807) is 13.8 Å². The Hall–Kier alpha value is -0.960. The number of thiazole rings is 1. The van der Waals surface area contributed by atoms with Crippen molar-refractivity contribution in [3.8, 4) is 6.07 Å². The van der Waals surface area contributed by atoms with Crippen molar-refractivity contribution in [2.75, 3.05) is 0 Å². The molecule has 15 heavy (non-hydrogen) atoms. The van der Waals surface area contributed by atoms with E-state index in [-0.39, 0.29) is 6.10 Å². The Bertz CT molecular complexity index is 357. The summed E-state index contributed by atoms with van der Waals surface area (Å²) in [6.45, 7) is 5.23. The summed E-state index contributed by atoms with van der Waals surface area (Å²) >= 11 is 1.40. The molecule has 1 rings (SSSR count). The third-order valence-corrected chi connectivity index (χ3v) is 3.01. The highest BCUT2D eigenvalue weighted by Crippen LogP contribution is 2.22. The molecule has 0 spiro atoms. The molecule has 1 N–H and O–H groups in total. The van der Waals surface area contributed by atoms with E-state index in [2.05, 4.69) is 4.98 Å². The molecule has 0 amide bonds. The second-order valence-corrected chi connectivity index (χ2v) is 4.31. The summed E-state index contributed by atoms with van der Waals surface area (Å²) in [6, 6.07) is 2.03. The molecule has 0 radical (unpaired) electrons. The fourth-order valence-electron chi connectivity index (χ4n) is 0.965. The van der Waals surface area contributed by atoms with Gasteiger partial charge >= 0.3 is 0 Å². The van der Waals surface area contributed by atoms with Crippen LogP contribution in [0.25, 0.3) is 0 Å². The van der Waals surface area contributed by atoms with Gasteiger partial charge in [0.2, 0.25) is 0 Å². The van der Waals surface area contributed by atoms with E-state index in [9.17, 15) is 5.11 Å². The zero-order valence-corrected chi connectivity index (χ0v) is 9.78. The van der Waals surface area contributed by atoms with E-state index < -0.39 is 12.2 Å². The molecule has 0 aliphatic carbocycles. The van der Waals surface area contributed by atoms with Crippen molar-refractivity contribution in [3.63, 3.8) is 0 Å². The molecule has 0 bridgehead atoms. The summed E-state index contributed by atoms with van der Waals surface area (Å²) in [6.07, 6.45) is -1.66. The average molecular weight is 226 g/mol. The molecule has 0 saturated heterocycles. The highest BCUT2D eigenvalue weighted by molar-refractivity contribution is 7.09. The van der Waals surface area contributed by atoms with Crippen molar-refractivity contribution in [1.82, 2.24) is 4.98 Å². The Morgan fingerprint density at radius 3 is 2.67 bits per heavy atom. The van der Waals surface area contributed by atoms with Crippen LogP contribution >= 0.6 is 11.3 Å². The number of hydrogen-bond donors (Lipinski definition) is 1. The minimum atomic E-state index is -0.687. The fourth-order valence-corrected chi connectivity index (χ4v) is 1.74. The largest absolute Gasteiger partial charge is 0.391 e. The van der Waals surface area contributed by atoms with Gasteiger partial charge in [0.25, 0.3) is 0 Å². The van der Waals surface area contributed by atoms with Gasteiger partial charge in [-0.1, -0.05) is 0 Å². The van der Waals surface area contributed by atoms with Crippen molar-refractivity contribution in [1.29, 1.82) is 5.26 Å². The molecular weight excluding hydrogens is 212 g/mol. The number of hydrogen-bond acceptors (Lipinski definition) is 5. The van der Waals surface area contributed by atoms with Crippen LogP contribution in [0.1, 0.15) is 30.7 Å². The molecule has 0 aliphatic rings. The number of rotatable bonds is 4. The summed E-state index contributed by atoms with van der Waals surface area (Å²) in [5, 5.41) is 20.7. The molecule has 1 heterocycles. The number of aliphatic hydroxyl groups is 1. The zero-order valence-electron chi connectivity index (χ0n) is 8.97. The van der Waals surface area contributed by atoms with Gasteiger partial charge in [0.05, 0.1) is 12.2 Å². The van der Waals surface area contributed by atoms with Gasteiger partial charge in [-0.05, 0) is 20.8 Å². The first-order valence-corrected chi connectivity index (χ1v) is 5.57. The van der Waals surface area contributed by atoms with Gasteiger partial charge in [0, 0.05) is 11.1 Å². The van der Waals surface area contributed by atoms with Gasteiger partial charge in [-0.2, -0.15) is 5.26 Å². The monoisotopic (exact) mass is 226 g/mol. The molecule has 4 nitrogen and oxygen atoms in total. The van der Waals surface area contributed by atoms with Gasteiger partial charge in [-0.25, -0.2) is 4.98 Å². The van der Waals surface area contributed by atoms with Crippen LogP contribution in [-0.4, -0.2) is 22.3 Å². The van der Waals surface area contributed by atoms with E-state index in [0.717, 1.165) is 5.69 Å². The lowest BCUT2D eigenvalue weighted by Crippen LogP contribution is -2.24. The Balaban J connectivity index is 2.70. The van der Waals surface area contributed by atoms with E-state index in [4.69, 9.17) is 10.00 Å². The first kappa shape index (κ1) is 12.1. The molecule has 0 saturated carbocycles. The first-order valence-electron chi connectivity index (χ1n) is 4.69. The summed E-state index contributed by atoms with van der Waals surface area (Å²) < 4.78 is 5.40. The van der Waals surface area contributed by atoms with Crippen LogP contribution in [0.3, 0.4) is 0 Å². The maximum Gasteiger partial charge on any atom is 0.195 e. The number of aromatic nitrogens is 1. The van der Waals surface area contributed by atoms with Crippen molar-refractivity contribution in [2.24, 2.45) is 0 Å². The quantitative estimate of drug-likeness (QED) is 0.850. The van der Waals surface area contributed by atoms with Crippen LogP contribution < -0.4 is 0 Å². The van der Waals surface area contributed by atoms with Crippen LogP contribution in [0, 0.1) is 18.3 Å². The maximum atomic E-state index is 9.27. The lowest BCUT2D eigenvalue weighted by atomic mass is 10.2. The highest BCUT2D eigenvalue weighted by atomic mass is 32.1. The minimum Gasteiger partial charge on any atom is -0.391 e. The van der Waals surface area contributed by atoms with Crippen molar-refractivity contribution in [3.05, 3.63) is 16.1 Å². The van der Waals surface area contributed by atoms with Crippen LogP contribution in [-0.2, 0) is 4.74 Å². The molecule has 1 aromatic rings. The van der Waals surface area contributed by atoms with E-state index in [1.807, 2.05) is 18.4 Å². The lowest BCUT2D eigenvalue weighted by Gasteiger charge is -2.17. The summed E-state index contributed by atoms with van der Waals surface area (Å²) in [5.41, 5.74) is 0.878. The van der Waals surface area contributed by atoms with Crippen LogP contribution in [0.4, 0.5) is 0 Å². The number of aryl methyl sites for hydroxylation is 1. The van der Waals surface area contributed by atoms with Gasteiger partial charge in [0.15, 0.2) is 6.10 Å². The van der Waals surface area contributed by atoms with Crippen molar-refractivity contribution < 1.29 is 9.84 Å². The molecule has 5 heteroatoms. The van der Waals surface area contributed by atoms with Crippen LogP contribution in [0.2, 0.25) is 0 Å². The lowest BCUT2D eigenvalue weighted by molar-refractivity contribution is -0.0426. The SMILES string of the molecule is Cc1csc(C(C#N)OC(C)C(C)O)n1. The van der Waals surface area contributed by atoms with E-state index in [0.29, 0.717) is 5.01 Å². The molecular formula is C10H14N2O2S. The van der Waals surface area contributed by atoms with E-state index >= 15 is 0 Å². The molecule has 3 unspecified atom stereocenters. The van der Waals surface area contributed by atoms with Gasteiger partial charge < -0.3 is 9.84 Å². The Kier molecular flexibility index (Phi) is 4.21. The van der Waals surface area contributed by atoms with Crippen molar-refractivity contribution in [2.45, 2.75) is 39.1 Å². The number of nitrogens with zero attached hydrogens (tertiary/aromatic N) is 2. The fraction of sp³-hybridized carbons (Fsp3) is 0.600. The Morgan fingerprint density at radius 1 is 1.60 bits per heavy atom. The summed E-state index contributed by atoms with van der Waals surface area (Å²) in [7, 11) is 0. The number of nitriles is 1. The number of ether oxygens (including phenoxy) is 1. The second-order valence-electron chi connectivity index (χ2n) is 3.42. The normalized spacial score (nSPS) is 16.7. The first-order chi connectivity index (χ1) is 7.04.